The van der Waals surface area contributed by atoms with Gasteiger partial charge in [-0.2, -0.15) is 4.98 Å². The van der Waals surface area contributed by atoms with Gasteiger partial charge in [-0.1, -0.05) is 29.4 Å². The van der Waals surface area contributed by atoms with E-state index in [1.165, 1.54) is 0 Å². The van der Waals surface area contributed by atoms with Crippen LogP contribution in [-0.4, -0.2) is 22.2 Å². The number of hydrogen-bond acceptors (Lipinski definition) is 6. The fourth-order valence-corrected chi connectivity index (χ4v) is 2.02. The quantitative estimate of drug-likeness (QED) is 0.790. The van der Waals surface area contributed by atoms with Crippen LogP contribution in [0.3, 0.4) is 0 Å². The molecule has 106 valence electrons. The Morgan fingerprint density at radius 3 is 2.76 bits per heavy atom. The molecular weight excluding hydrogens is 268 g/mol. The molecule has 6 nitrogen and oxygen atoms in total. The molecule has 0 fully saturated rings. The van der Waals surface area contributed by atoms with Crippen LogP contribution in [0.5, 0.6) is 5.75 Å². The van der Waals surface area contributed by atoms with Crippen molar-refractivity contribution in [2.45, 2.75) is 6.42 Å². The third-order valence-corrected chi connectivity index (χ3v) is 3.00. The summed E-state index contributed by atoms with van der Waals surface area (Å²) in [5.41, 5.74) is 7.20. The van der Waals surface area contributed by atoms with Gasteiger partial charge in [0.15, 0.2) is 5.82 Å². The van der Waals surface area contributed by atoms with E-state index in [0.29, 0.717) is 29.6 Å². The molecule has 0 aliphatic heterocycles. The van der Waals surface area contributed by atoms with Crippen LogP contribution in [0.25, 0.3) is 11.6 Å². The Bertz CT molecular complexity index is 755. The second kappa shape index (κ2) is 5.62. The standard InChI is InChI=1S/C15H14N4O2/c1-20-12-7-3-2-5-10(12)9-14-18-15(21-19-14)11-6-4-8-13(16)17-11/h2-8H,9H2,1H3,(H2,16,17). The fourth-order valence-electron chi connectivity index (χ4n) is 2.02. The zero-order valence-electron chi connectivity index (χ0n) is 11.5. The SMILES string of the molecule is COc1ccccc1Cc1noc(-c2cccc(N)n2)n1. The zero-order valence-corrected chi connectivity index (χ0v) is 11.5. The highest BCUT2D eigenvalue weighted by Gasteiger charge is 2.12. The van der Waals surface area contributed by atoms with E-state index in [0.717, 1.165) is 11.3 Å². The van der Waals surface area contributed by atoms with Crippen LogP contribution in [0.2, 0.25) is 0 Å². The van der Waals surface area contributed by atoms with Gasteiger partial charge in [-0.05, 0) is 18.2 Å². The van der Waals surface area contributed by atoms with E-state index >= 15 is 0 Å². The summed E-state index contributed by atoms with van der Waals surface area (Å²) < 4.78 is 10.5. The minimum atomic E-state index is 0.354. The van der Waals surface area contributed by atoms with Gasteiger partial charge < -0.3 is 15.0 Å². The molecule has 1 aromatic carbocycles. The number of benzene rings is 1. The van der Waals surface area contributed by atoms with E-state index in [2.05, 4.69) is 15.1 Å². The lowest BCUT2D eigenvalue weighted by Gasteiger charge is -2.04. The van der Waals surface area contributed by atoms with Crippen molar-refractivity contribution in [1.82, 2.24) is 15.1 Å². The Morgan fingerprint density at radius 1 is 1.10 bits per heavy atom. The zero-order chi connectivity index (χ0) is 14.7. The molecule has 3 aromatic rings. The summed E-state index contributed by atoms with van der Waals surface area (Å²) in [7, 11) is 1.64. The summed E-state index contributed by atoms with van der Waals surface area (Å²) >= 11 is 0. The Kier molecular flexibility index (Phi) is 3.51. The van der Waals surface area contributed by atoms with Gasteiger partial charge in [-0.15, -0.1) is 0 Å². The molecular formula is C15H14N4O2. The molecule has 0 amide bonds. The molecule has 0 unspecified atom stereocenters. The number of rotatable bonds is 4. The summed E-state index contributed by atoms with van der Waals surface area (Å²) in [5.74, 6) is 2.13. The molecule has 0 aliphatic rings. The molecule has 0 saturated carbocycles. The van der Waals surface area contributed by atoms with E-state index in [1.54, 1.807) is 25.3 Å². The highest BCUT2D eigenvalue weighted by molar-refractivity contribution is 5.50. The van der Waals surface area contributed by atoms with Gasteiger partial charge in [-0.3, -0.25) is 0 Å². The molecule has 0 saturated heterocycles. The average Bonchev–Trinajstić information content (AvgIpc) is 2.96. The molecule has 6 heteroatoms. The van der Waals surface area contributed by atoms with Crippen LogP contribution < -0.4 is 10.5 Å². The van der Waals surface area contributed by atoms with Gasteiger partial charge in [0, 0.05) is 12.0 Å². The van der Waals surface area contributed by atoms with Crippen molar-refractivity contribution in [2.24, 2.45) is 0 Å². The molecule has 0 atom stereocenters. The maximum Gasteiger partial charge on any atom is 0.276 e. The summed E-state index contributed by atoms with van der Waals surface area (Å²) in [6.45, 7) is 0. The molecule has 2 heterocycles. The smallest absolute Gasteiger partial charge is 0.276 e. The lowest BCUT2D eigenvalue weighted by Crippen LogP contribution is -1.95. The molecule has 0 radical (unpaired) electrons. The Hall–Kier alpha value is -2.89. The lowest BCUT2D eigenvalue weighted by atomic mass is 10.1. The maximum absolute atomic E-state index is 5.65. The summed E-state index contributed by atoms with van der Waals surface area (Å²) in [6, 6.07) is 13.0. The average molecular weight is 282 g/mol. The number of nitrogen functional groups attached to an aromatic ring is 1. The highest BCUT2D eigenvalue weighted by atomic mass is 16.5. The molecule has 3 rings (SSSR count). The van der Waals surface area contributed by atoms with Crippen LogP contribution in [0.1, 0.15) is 11.4 Å². The number of para-hydroxylation sites is 1. The highest BCUT2D eigenvalue weighted by Crippen LogP contribution is 2.21. The minimum Gasteiger partial charge on any atom is -0.496 e. The van der Waals surface area contributed by atoms with Crippen molar-refractivity contribution in [3.05, 3.63) is 53.9 Å². The van der Waals surface area contributed by atoms with Gasteiger partial charge in [0.2, 0.25) is 0 Å². The van der Waals surface area contributed by atoms with Crippen molar-refractivity contribution in [3.8, 4) is 17.3 Å². The second-order valence-electron chi connectivity index (χ2n) is 4.45. The van der Waals surface area contributed by atoms with E-state index in [-0.39, 0.29) is 0 Å². The van der Waals surface area contributed by atoms with E-state index in [1.807, 2.05) is 24.3 Å². The first kappa shape index (κ1) is 13.1. The van der Waals surface area contributed by atoms with E-state index in [4.69, 9.17) is 15.0 Å². The largest absolute Gasteiger partial charge is 0.496 e. The van der Waals surface area contributed by atoms with E-state index in [9.17, 15) is 0 Å². The number of nitrogens with zero attached hydrogens (tertiary/aromatic N) is 3. The molecule has 0 aliphatic carbocycles. The van der Waals surface area contributed by atoms with Crippen LogP contribution in [0.15, 0.2) is 47.0 Å². The Labute approximate surface area is 121 Å². The van der Waals surface area contributed by atoms with Crippen LogP contribution >= 0.6 is 0 Å². The maximum atomic E-state index is 5.65. The van der Waals surface area contributed by atoms with Gasteiger partial charge in [0.1, 0.15) is 17.3 Å². The number of hydrogen-bond donors (Lipinski definition) is 1. The second-order valence-corrected chi connectivity index (χ2v) is 4.45. The first-order chi connectivity index (χ1) is 10.3. The first-order valence-corrected chi connectivity index (χ1v) is 6.43. The summed E-state index contributed by atoms with van der Waals surface area (Å²) in [6.07, 6.45) is 0.524. The number of nitrogens with two attached hydrogens (primary N) is 1. The van der Waals surface area contributed by atoms with E-state index < -0.39 is 0 Å². The normalized spacial score (nSPS) is 10.5. The third kappa shape index (κ3) is 2.84. The Morgan fingerprint density at radius 2 is 1.95 bits per heavy atom. The number of aromatic nitrogens is 3. The number of pyridine rings is 1. The number of methoxy groups -OCH3 is 1. The minimum absolute atomic E-state index is 0.354. The van der Waals surface area contributed by atoms with Crippen molar-refractivity contribution >= 4 is 5.82 Å². The Balaban J connectivity index is 1.85. The van der Waals surface area contributed by atoms with Crippen molar-refractivity contribution in [1.29, 1.82) is 0 Å². The fraction of sp³-hybridized carbons (Fsp3) is 0.133. The molecule has 2 N–H and O–H groups in total. The van der Waals surface area contributed by atoms with Gasteiger partial charge in [0.25, 0.3) is 5.89 Å². The van der Waals surface area contributed by atoms with Gasteiger partial charge in [-0.25, -0.2) is 4.98 Å². The molecule has 0 bridgehead atoms. The molecule has 2 aromatic heterocycles. The van der Waals surface area contributed by atoms with Gasteiger partial charge in [0.05, 0.1) is 7.11 Å². The number of ether oxygens (including phenoxy) is 1. The topological polar surface area (TPSA) is 87.1 Å². The van der Waals surface area contributed by atoms with Crippen molar-refractivity contribution in [2.75, 3.05) is 12.8 Å². The summed E-state index contributed by atoms with van der Waals surface area (Å²) in [5, 5.41) is 3.97. The van der Waals surface area contributed by atoms with Crippen molar-refractivity contribution < 1.29 is 9.26 Å². The van der Waals surface area contributed by atoms with Crippen LogP contribution in [0.4, 0.5) is 5.82 Å². The third-order valence-electron chi connectivity index (χ3n) is 3.00. The van der Waals surface area contributed by atoms with Crippen LogP contribution in [0, 0.1) is 0 Å². The predicted molar refractivity (Wildman–Crippen MR) is 77.7 cm³/mol. The first-order valence-electron chi connectivity index (χ1n) is 6.43. The summed E-state index contributed by atoms with van der Waals surface area (Å²) in [4.78, 5) is 8.50. The predicted octanol–water partition coefficient (Wildman–Crippen LogP) is 2.31. The van der Waals surface area contributed by atoms with Gasteiger partial charge >= 0.3 is 0 Å². The molecule has 21 heavy (non-hydrogen) atoms. The number of anilines is 1. The lowest BCUT2D eigenvalue weighted by molar-refractivity contribution is 0.408. The van der Waals surface area contributed by atoms with Crippen LogP contribution in [-0.2, 0) is 6.42 Å². The molecule has 0 spiro atoms. The van der Waals surface area contributed by atoms with Crippen molar-refractivity contribution in [3.63, 3.8) is 0 Å². The monoisotopic (exact) mass is 282 g/mol.